The molecule has 3 rings (SSSR count). The number of nitriles is 1. The molecule has 1 atom stereocenters. The number of hydrogen-bond donors (Lipinski definition) is 0. The Kier molecular flexibility index (Phi) is 5.12. The van der Waals surface area contributed by atoms with Crippen molar-refractivity contribution in [2.75, 3.05) is 26.2 Å². The minimum atomic E-state index is 0.0405. The summed E-state index contributed by atoms with van der Waals surface area (Å²) < 4.78 is 0. The monoisotopic (exact) mass is 317 g/mol. The fraction of sp³-hybridized carbons (Fsp3) is 0.647. The average Bonchev–Trinajstić information content (AvgIpc) is 3.11. The van der Waals surface area contributed by atoms with Crippen LogP contribution < -0.4 is 0 Å². The van der Waals surface area contributed by atoms with Gasteiger partial charge in [-0.3, -0.25) is 9.69 Å². The van der Waals surface area contributed by atoms with E-state index in [1.807, 2.05) is 21.7 Å². The second-order valence-corrected chi connectivity index (χ2v) is 7.09. The highest BCUT2D eigenvalue weighted by Gasteiger charge is 2.32. The Morgan fingerprint density at radius 3 is 2.55 bits per heavy atom. The number of hydrogen-bond acceptors (Lipinski definition) is 4. The second kappa shape index (κ2) is 7.26. The predicted octanol–water partition coefficient (Wildman–Crippen LogP) is 2.98. The highest BCUT2D eigenvalue weighted by Crippen LogP contribution is 2.29. The van der Waals surface area contributed by atoms with Gasteiger partial charge in [-0.05, 0) is 30.2 Å². The summed E-state index contributed by atoms with van der Waals surface area (Å²) in [5.74, 6) is 0.657. The molecule has 0 radical (unpaired) electrons. The minimum Gasteiger partial charge on any atom is -0.336 e. The molecular weight excluding hydrogens is 294 g/mol. The topological polar surface area (TPSA) is 47.3 Å². The second-order valence-electron chi connectivity index (χ2n) is 6.31. The highest BCUT2D eigenvalue weighted by atomic mass is 32.1. The molecule has 1 amide bonds. The summed E-state index contributed by atoms with van der Waals surface area (Å²) in [5.41, 5.74) is 0.794. The van der Waals surface area contributed by atoms with Gasteiger partial charge in [0.25, 0.3) is 5.91 Å². The van der Waals surface area contributed by atoms with Crippen molar-refractivity contribution in [2.45, 2.75) is 38.1 Å². The number of carbonyl (C=O) groups excluding carboxylic acids is 1. The van der Waals surface area contributed by atoms with Crippen LogP contribution in [0.25, 0.3) is 0 Å². The summed E-state index contributed by atoms with van der Waals surface area (Å²) in [6, 6.07) is 4.47. The van der Waals surface area contributed by atoms with E-state index in [-0.39, 0.29) is 11.9 Å². The zero-order valence-electron chi connectivity index (χ0n) is 12.9. The third-order valence-electron chi connectivity index (χ3n) is 4.99. The molecule has 1 aliphatic carbocycles. The molecule has 1 aromatic rings. The van der Waals surface area contributed by atoms with Crippen molar-refractivity contribution in [1.29, 1.82) is 5.26 Å². The first-order valence-corrected chi connectivity index (χ1v) is 9.19. The van der Waals surface area contributed by atoms with Crippen LogP contribution in [0.3, 0.4) is 0 Å². The average molecular weight is 317 g/mol. The summed E-state index contributed by atoms with van der Waals surface area (Å²) in [6.45, 7) is 3.12. The van der Waals surface area contributed by atoms with E-state index in [9.17, 15) is 10.1 Å². The lowest BCUT2D eigenvalue weighted by molar-refractivity contribution is 0.0539. The molecule has 22 heavy (non-hydrogen) atoms. The zero-order valence-corrected chi connectivity index (χ0v) is 13.7. The lowest BCUT2D eigenvalue weighted by Gasteiger charge is -2.40. The molecule has 1 aromatic heterocycles. The summed E-state index contributed by atoms with van der Waals surface area (Å²) in [4.78, 5) is 16.6. The third-order valence-corrected chi connectivity index (χ3v) is 5.67. The van der Waals surface area contributed by atoms with Gasteiger partial charge in [-0.25, -0.2) is 0 Å². The molecule has 2 aliphatic rings. The molecule has 0 unspecified atom stereocenters. The van der Waals surface area contributed by atoms with Crippen molar-refractivity contribution in [3.05, 3.63) is 22.4 Å². The van der Waals surface area contributed by atoms with Crippen LogP contribution in [0.15, 0.2) is 16.8 Å². The fourth-order valence-corrected chi connectivity index (χ4v) is 4.34. The lowest BCUT2D eigenvalue weighted by atomic mass is 9.83. The van der Waals surface area contributed by atoms with Gasteiger partial charge in [0.15, 0.2) is 0 Å². The third kappa shape index (κ3) is 3.34. The zero-order chi connectivity index (χ0) is 15.4. The molecule has 0 N–H and O–H groups in total. The van der Waals surface area contributed by atoms with Gasteiger partial charge in [-0.2, -0.15) is 16.6 Å². The molecule has 1 saturated carbocycles. The molecule has 2 heterocycles. The summed E-state index contributed by atoms with van der Waals surface area (Å²) in [6.07, 6.45) is 6.22. The van der Waals surface area contributed by atoms with Crippen LogP contribution >= 0.6 is 11.3 Å². The van der Waals surface area contributed by atoms with Gasteiger partial charge in [0.2, 0.25) is 0 Å². The Morgan fingerprint density at radius 1 is 1.23 bits per heavy atom. The van der Waals surface area contributed by atoms with Crippen molar-refractivity contribution in [2.24, 2.45) is 5.92 Å². The molecule has 1 saturated heterocycles. The van der Waals surface area contributed by atoms with Gasteiger partial charge in [0.05, 0.1) is 11.6 Å². The van der Waals surface area contributed by atoms with Crippen molar-refractivity contribution in [3.8, 4) is 6.07 Å². The standard InChI is InChI=1S/C17H23N3OS/c18-12-16(14-4-2-1-3-5-14)19-7-9-20(10-8-19)17(21)15-6-11-22-13-15/h6,11,13-14,16H,1-5,7-10H2/t16-/m1/s1. The Balaban J connectivity index is 1.56. The normalized spacial score (nSPS) is 22.2. The minimum absolute atomic E-state index is 0.0405. The highest BCUT2D eigenvalue weighted by molar-refractivity contribution is 7.08. The van der Waals surface area contributed by atoms with E-state index in [0.717, 1.165) is 31.7 Å². The molecular formula is C17H23N3OS. The van der Waals surface area contributed by atoms with Crippen LogP contribution in [-0.2, 0) is 0 Å². The van der Waals surface area contributed by atoms with Gasteiger partial charge in [-0.1, -0.05) is 19.3 Å². The van der Waals surface area contributed by atoms with Gasteiger partial charge < -0.3 is 4.90 Å². The molecule has 5 heteroatoms. The van der Waals surface area contributed by atoms with Crippen LogP contribution in [0.5, 0.6) is 0 Å². The van der Waals surface area contributed by atoms with E-state index in [1.54, 1.807) is 11.3 Å². The summed E-state index contributed by atoms with van der Waals surface area (Å²) in [7, 11) is 0. The molecule has 0 bridgehead atoms. The largest absolute Gasteiger partial charge is 0.336 e. The van der Waals surface area contributed by atoms with Gasteiger partial charge in [0.1, 0.15) is 6.04 Å². The molecule has 118 valence electrons. The van der Waals surface area contributed by atoms with E-state index in [1.165, 1.54) is 32.1 Å². The SMILES string of the molecule is N#C[C@H](C1CCCCC1)N1CCN(C(=O)c2ccsc2)CC1. The molecule has 4 nitrogen and oxygen atoms in total. The maximum Gasteiger partial charge on any atom is 0.254 e. The number of thiophene rings is 1. The van der Waals surface area contributed by atoms with Crippen LogP contribution in [0.4, 0.5) is 0 Å². The Hall–Kier alpha value is -1.38. The predicted molar refractivity (Wildman–Crippen MR) is 87.8 cm³/mol. The number of carbonyl (C=O) groups is 1. The van der Waals surface area contributed by atoms with E-state index in [4.69, 9.17) is 0 Å². The van der Waals surface area contributed by atoms with Gasteiger partial charge in [-0.15, -0.1) is 0 Å². The van der Waals surface area contributed by atoms with E-state index in [2.05, 4.69) is 11.0 Å². The Morgan fingerprint density at radius 2 is 1.95 bits per heavy atom. The molecule has 0 aromatic carbocycles. The van der Waals surface area contributed by atoms with E-state index >= 15 is 0 Å². The van der Waals surface area contributed by atoms with Gasteiger partial charge in [0, 0.05) is 31.6 Å². The first-order chi connectivity index (χ1) is 10.8. The summed E-state index contributed by atoms with van der Waals surface area (Å²) in [5, 5.41) is 13.4. The number of amides is 1. The van der Waals surface area contributed by atoms with Crippen molar-refractivity contribution in [1.82, 2.24) is 9.80 Å². The number of piperazine rings is 1. The van der Waals surface area contributed by atoms with Gasteiger partial charge >= 0.3 is 0 Å². The lowest BCUT2D eigenvalue weighted by Crippen LogP contribution is -2.53. The molecule has 2 fully saturated rings. The molecule has 0 spiro atoms. The van der Waals surface area contributed by atoms with Crippen LogP contribution in [0, 0.1) is 17.2 Å². The smallest absolute Gasteiger partial charge is 0.254 e. The molecule has 1 aliphatic heterocycles. The van der Waals surface area contributed by atoms with E-state index < -0.39 is 0 Å². The fourth-order valence-electron chi connectivity index (χ4n) is 3.71. The maximum absolute atomic E-state index is 12.4. The van der Waals surface area contributed by atoms with E-state index in [0.29, 0.717) is 5.92 Å². The van der Waals surface area contributed by atoms with Crippen molar-refractivity contribution < 1.29 is 4.79 Å². The van der Waals surface area contributed by atoms with Crippen LogP contribution in [-0.4, -0.2) is 47.9 Å². The maximum atomic E-state index is 12.4. The quantitative estimate of drug-likeness (QED) is 0.861. The van der Waals surface area contributed by atoms with Crippen molar-refractivity contribution in [3.63, 3.8) is 0 Å². The Bertz CT molecular complexity index is 523. The Labute approximate surface area is 136 Å². The van der Waals surface area contributed by atoms with Crippen molar-refractivity contribution >= 4 is 17.2 Å². The first kappa shape index (κ1) is 15.5. The number of rotatable bonds is 3. The summed E-state index contributed by atoms with van der Waals surface area (Å²) >= 11 is 1.56. The van der Waals surface area contributed by atoms with Crippen LogP contribution in [0.2, 0.25) is 0 Å². The first-order valence-electron chi connectivity index (χ1n) is 8.25. The van der Waals surface area contributed by atoms with Crippen LogP contribution in [0.1, 0.15) is 42.5 Å². The number of nitrogens with zero attached hydrogens (tertiary/aromatic N) is 3.